The molecule has 3 rings (SSSR count). The van der Waals surface area contributed by atoms with Gasteiger partial charge in [-0.1, -0.05) is 18.2 Å². The monoisotopic (exact) mass is 489 g/mol. The van der Waals surface area contributed by atoms with E-state index < -0.39 is 35.4 Å². The number of amides is 3. The van der Waals surface area contributed by atoms with E-state index in [0.29, 0.717) is 11.5 Å². The van der Waals surface area contributed by atoms with E-state index >= 15 is 0 Å². The lowest BCUT2D eigenvalue weighted by Crippen LogP contribution is -2.44. The number of anilines is 2. The molecule has 1 unspecified atom stereocenters. The van der Waals surface area contributed by atoms with Crippen LogP contribution in [-0.2, 0) is 9.53 Å². The summed E-state index contributed by atoms with van der Waals surface area (Å²) in [5.41, 5.74) is 10.9. The Bertz CT molecular complexity index is 1200. The minimum atomic E-state index is -1.36. The molecular weight excluding hydrogens is 468 g/mol. The van der Waals surface area contributed by atoms with Gasteiger partial charge in [-0.15, -0.1) is 0 Å². The number of nitrogen functional groups attached to an aromatic ring is 1. The number of carbonyl (C=O) groups excluding carboxylic acids is 3. The maximum atomic E-state index is 14.2. The van der Waals surface area contributed by atoms with Crippen molar-refractivity contribution in [3.63, 3.8) is 0 Å². The zero-order valence-corrected chi connectivity index (χ0v) is 18.8. The third-order valence-corrected chi connectivity index (χ3v) is 5.61. The first kappa shape index (κ1) is 24.7. The fourth-order valence-electron chi connectivity index (χ4n) is 3.18. The van der Waals surface area contributed by atoms with Crippen LogP contribution in [-0.4, -0.2) is 42.4 Å². The molecule has 1 heterocycles. The van der Waals surface area contributed by atoms with Gasteiger partial charge in [0.2, 0.25) is 5.91 Å². The first-order valence-electron chi connectivity index (χ1n) is 9.90. The van der Waals surface area contributed by atoms with Crippen molar-refractivity contribution in [3.8, 4) is 0 Å². The number of hydrogen-bond donors (Lipinski definition) is 3. The summed E-state index contributed by atoms with van der Waals surface area (Å²) >= 11 is 0.616. The molecule has 0 aliphatic rings. The SMILES string of the molecule is COCCNC(=O)C(c1ccc(F)cc1)N(C(=O)c1snc(C(N)=O)c1N)c1cccc(F)c1. The van der Waals surface area contributed by atoms with E-state index in [1.807, 2.05) is 0 Å². The van der Waals surface area contributed by atoms with Crippen molar-refractivity contribution in [2.75, 3.05) is 30.9 Å². The molecule has 1 aromatic heterocycles. The van der Waals surface area contributed by atoms with Crippen LogP contribution < -0.4 is 21.7 Å². The number of nitrogens with zero attached hydrogens (tertiary/aromatic N) is 2. The first-order chi connectivity index (χ1) is 16.2. The number of benzene rings is 2. The number of methoxy groups -OCH3 is 1. The molecule has 0 radical (unpaired) electrons. The van der Waals surface area contributed by atoms with Crippen LogP contribution in [0.2, 0.25) is 0 Å². The van der Waals surface area contributed by atoms with Crippen LogP contribution in [0.5, 0.6) is 0 Å². The highest BCUT2D eigenvalue weighted by Gasteiger charge is 2.36. The van der Waals surface area contributed by atoms with Crippen LogP contribution in [0.4, 0.5) is 20.2 Å². The second-order valence-electron chi connectivity index (χ2n) is 7.03. The molecule has 0 spiro atoms. The molecule has 1 atom stereocenters. The predicted octanol–water partition coefficient (Wildman–Crippen LogP) is 2.25. The van der Waals surface area contributed by atoms with Gasteiger partial charge < -0.3 is 21.5 Å². The minimum Gasteiger partial charge on any atom is -0.395 e. The van der Waals surface area contributed by atoms with Crippen LogP contribution in [0.25, 0.3) is 0 Å². The number of nitrogens with two attached hydrogens (primary N) is 2. The highest BCUT2D eigenvalue weighted by molar-refractivity contribution is 7.09. The van der Waals surface area contributed by atoms with Crippen molar-refractivity contribution >= 4 is 40.6 Å². The molecule has 5 N–H and O–H groups in total. The Labute approximate surface area is 197 Å². The van der Waals surface area contributed by atoms with Gasteiger partial charge in [0.1, 0.15) is 22.6 Å². The molecule has 3 aromatic rings. The Kier molecular flexibility index (Phi) is 7.87. The summed E-state index contributed by atoms with van der Waals surface area (Å²) in [4.78, 5) is 39.4. The smallest absolute Gasteiger partial charge is 0.273 e. The molecule has 0 fully saturated rings. The third-order valence-electron chi connectivity index (χ3n) is 4.76. The van der Waals surface area contributed by atoms with Gasteiger partial charge >= 0.3 is 0 Å². The summed E-state index contributed by atoms with van der Waals surface area (Å²) in [6.07, 6.45) is 0. The Morgan fingerprint density at radius 2 is 1.85 bits per heavy atom. The molecule has 0 saturated carbocycles. The van der Waals surface area contributed by atoms with Gasteiger partial charge in [-0.25, -0.2) is 8.78 Å². The van der Waals surface area contributed by atoms with Crippen molar-refractivity contribution in [1.29, 1.82) is 0 Å². The van der Waals surface area contributed by atoms with Crippen LogP contribution in [0, 0.1) is 11.6 Å². The summed E-state index contributed by atoms with van der Waals surface area (Å²) in [5, 5.41) is 2.64. The van der Waals surface area contributed by atoms with Crippen molar-refractivity contribution in [1.82, 2.24) is 9.69 Å². The number of nitrogens with one attached hydrogen (secondary N) is 1. The summed E-state index contributed by atoms with van der Waals surface area (Å²) in [7, 11) is 1.45. The third kappa shape index (κ3) is 5.35. The molecule has 0 aliphatic heterocycles. The molecule has 0 aliphatic carbocycles. The normalized spacial score (nSPS) is 11.6. The topological polar surface area (TPSA) is 141 Å². The number of halogens is 2. The zero-order valence-electron chi connectivity index (χ0n) is 18.0. The Hall–Kier alpha value is -3.90. The first-order valence-corrected chi connectivity index (χ1v) is 10.7. The number of primary amides is 1. The van der Waals surface area contributed by atoms with Crippen LogP contribution in [0.1, 0.15) is 31.8 Å². The van der Waals surface area contributed by atoms with Gasteiger partial charge in [-0.3, -0.25) is 19.3 Å². The summed E-state index contributed by atoms with van der Waals surface area (Å²) < 4.78 is 36.6. The largest absolute Gasteiger partial charge is 0.395 e. The number of aromatic nitrogens is 1. The fraction of sp³-hybridized carbons (Fsp3) is 0.182. The summed E-state index contributed by atoms with van der Waals surface area (Å²) in [5.74, 6) is -3.62. The lowest BCUT2D eigenvalue weighted by atomic mass is 10.0. The molecule has 12 heteroatoms. The molecule has 2 aromatic carbocycles. The average molecular weight is 490 g/mol. The molecule has 34 heavy (non-hydrogen) atoms. The minimum absolute atomic E-state index is 0.0228. The number of rotatable bonds is 9. The quantitative estimate of drug-likeness (QED) is 0.394. The number of ether oxygens (including phenoxy) is 1. The summed E-state index contributed by atoms with van der Waals surface area (Å²) in [6, 6.07) is 8.59. The number of carbonyl (C=O) groups is 3. The van der Waals surface area contributed by atoms with Crippen molar-refractivity contribution in [3.05, 3.63) is 76.3 Å². The van der Waals surface area contributed by atoms with E-state index in [-0.39, 0.29) is 40.7 Å². The Morgan fingerprint density at radius 1 is 1.15 bits per heavy atom. The molecule has 0 saturated heterocycles. The zero-order chi connectivity index (χ0) is 24.8. The van der Waals surface area contributed by atoms with Gasteiger partial charge in [0.05, 0.1) is 12.3 Å². The van der Waals surface area contributed by atoms with E-state index in [0.717, 1.165) is 23.1 Å². The lowest BCUT2D eigenvalue weighted by molar-refractivity contribution is -0.122. The highest BCUT2D eigenvalue weighted by atomic mass is 32.1. The highest BCUT2D eigenvalue weighted by Crippen LogP contribution is 2.33. The molecule has 3 amide bonds. The van der Waals surface area contributed by atoms with E-state index in [1.54, 1.807) is 0 Å². The summed E-state index contributed by atoms with van der Waals surface area (Å²) in [6.45, 7) is 0.312. The van der Waals surface area contributed by atoms with Gasteiger partial charge in [0.25, 0.3) is 11.8 Å². The van der Waals surface area contributed by atoms with E-state index in [1.165, 1.54) is 37.4 Å². The Balaban J connectivity index is 2.17. The average Bonchev–Trinajstić information content (AvgIpc) is 3.19. The van der Waals surface area contributed by atoms with E-state index in [9.17, 15) is 23.2 Å². The maximum absolute atomic E-state index is 14.2. The van der Waals surface area contributed by atoms with E-state index in [4.69, 9.17) is 16.2 Å². The molecule has 178 valence electrons. The second kappa shape index (κ2) is 10.8. The number of hydrogen-bond acceptors (Lipinski definition) is 7. The van der Waals surface area contributed by atoms with Crippen molar-refractivity contribution in [2.45, 2.75) is 6.04 Å². The molecular formula is C22H21F2N5O4S. The van der Waals surface area contributed by atoms with Crippen LogP contribution in [0.15, 0.2) is 48.5 Å². The van der Waals surface area contributed by atoms with Crippen LogP contribution >= 0.6 is 11.5 Å². The lowest BCUT2D eigenvalue weighted by Gasteiger charge is -2.31. The maximum Gasteiger partial charge on any atom is 0.273 e. The van der Waals surface area contributed by atoms with Gasteiger partial charge in [-0.05, 0) is 47.4 Å². The molecule has 9 nitrogen and oxygen atoms in total. The van der Waals surface area contributed by atoms with Gasteiger partial charge in [0.15, 0.2) is 5.69 Å². The van der Waals surface area contributed by atoms with Crippen LogP contribution in [0.3, 0.4) is 0 Å². The standard InChI is InChI=1S/C22H21F2N5O4S/c1-33-10-9-27-21(31)18(12-5-7-13(23)8-6-12)29(15-4-2-3-14(24)11-15)22(32)19-16(25)17(20(26)30)28-34-19/h2-8,11,18H,9-10,25H2,1H3,(H2,26,30)(H,27,31). The van der Waals surface area contributed by atoms with Crippen molar-refractivity contribution < 1.29 is 27.9 Å². The predicted molar refractivity (Wildman–Crippen MR) is 122 cm³/mol. The Morgan fingerprint density at radius 3 is 2.44 bits per heavy atom. The van der Waals surface area contributed by atoms with Gasteiger partial charge in [-0.2, -0.15) is 4.37 Å². The molecule has 0 bridgehead atoms. The van der Waals surface area contributed by atoms with Crippen molar-refractivity contribution in [2.24, 2.45) is 5.73 Å². The fourth-order valence-corrected chi connectivity index (χ4v) is 3.93. The van der Waals surface area contributed by atoms with Gasteiger partial charge in [0, 0.05) is 19.3 Å². The van der Waals surface area contributed by atoms with E-state index in [2.05, 4.69) is 9.69 Å². The second-order valence-corrected chi connectivity index (χ2v) is 7.80.